The molecule has 2 amide bonds. The highest BCUT2D eigenvalue weighted by atomic mass is 32.2. The Labute approximate surface area is 188 Å². The van der Waals surface area contributed by atoms with E-state index in [9.17, 15) is 22.4 Å². The maximum Gasteiger partial charge on any atom is 0.244 e. The van der Waals surface area contributed by atoms with Gasteiger partial charge in [-0.3, -0.25) is 13.9 Å². The van der Waals surface area contributed by atoms with E-state index < -0.39 is 34.3 Å². The van der Waals surface area contributed by atoms with E-state index in [1.807, 2.05) is 0 Å². The molecule has 2 aromatic rings. The smallest absolute Gasteiger partial charge is 0.244 e. The minimum atomic E-state index is -3.86. The standard InChI is InChI=1S/C22H28FN3O5S/c1-5-18(22(28)24-2)25(14-16-10-12-17(23)13-11-16)21(27)15-26(32(4,29)30)19-8-6-7-9-20(19)31-3/h6-13,18H,5,14-15H2,1-4H3,(H,24,28)/t18-/m1/s1. The van der Waals surface area contributed by atoms with Crippen LogP contribution in [0.15, 0.2) is 48.5 Å². The number of benzene rings is 2. The summed E-state index contributed by atoms with van der Waals surface area (Å²) >= 11 is 0. The fourth-order valence-electron chi connectivity index (χ4n) is 3.30. The molecule has 1 N–H and O–H groups in total. The summed E-state index contributed by atoms with van der Waals surface area (Å²) in [5.74, 6) is -1.11. The Morgan fingerprint density at radius 3 is 2.28 bits per heavy atom. The number of carbonyl (C=O) groups excluding carboxylic acids is 2. The zero-order valence-electron chi connectivity index (χ0n) is 18.5. The summed E-state index contributed by atoms with van der Waals surface area (Å²) in [6.07, 6.45) is 1.30. The largest absolute Gasteiger partial charge is 0.495 e. The lowest BCUT2D eigenvalue weighted by Gasteiger charge is -2.32. The zero-order chi connectivity index (χ0) is 23.9. The number of sulfonamides is 1. The first-order valence-corrected chi connectivity index (χ1v) is 11.8. The number of amides is 2. The number of likely N-dealkylation sites (N-methyl/N-ethyl adjacent to an activating group) is 1. The molecule has 0 bridgehead atoms. The molecular formula is C22H28FN3O5S. The Hall–Kier alpha value is -3.14. The summed E-state index contributed by atoms with van der Waals surface area (Å²) in [5.41, 5.74) is 0.811. The zero-order valence-corrected chi connectivity index (χ0v) is 19.4. The van der Waals surface area contributed by atoms with E-state index in [4.69, 9.17) is 4.74 Å². The second-order valence-corrected chi connectivity index (χ2v) is 9.03. The molecule has 0 spiro atoms. The van der Waals surface area contributed by atoms with Gasteiger partial charge in [0.2, 0.25) is 21.8 Å². The van der Waals surface area contributed by atoms with Crippen LogP contribution in [-0.2, 0) is 26.2 Å². The van der Waals surface area contributed by atoms with Crippen LogP contribution in [-0.4, -0.2) is 58.1 Å². The molecule has 2 rings (SSSR count). The number of rotatable bonds is 10. The van der Waals surface area contributed by atoms with Gasteiger partial charge in [0.15, 0.2) is 0 Å². The molecule has 0 radical (unpaired) electrons. The van der Waals surface area contributed by atoms with Crippen molar-refractivity contribution in [3.63, 3.8) is 0 Å². The molecular weight excluding hydrogens is 437 g/mol. The minimum absolute atomic E-state index is 0.00850. The number of nitrogens with zero attached hydrogens (tertiary/aromatic N) is 2. The van der Waals surface area contributed by atoms with E-state index in [1.165, 1.54) is 49.4 Å². The summed E-state index contributed by atoms with van der Waals surface area (Å²) in [7, 11) is -0.995. The van der Waals surface area contributed by atoms with Crippen molar-refractivity contribution in [1.82, 2.24) is 10.2 Å². The molecule has 0 unspecified atom stereocenters. The molecule has 2 aromatic carbocycles. The molecule has 174 valence electrons. The molecule has 0 saturated carbocycles. The van der Waals surface area contributed by atoms with Crippen LogP contribution in [0, 0.1) is 5.82 Å². The molecule has 1 atom stereocenters. The Balaban J connectivity index is 2.45. The number of ether oxygens (including phenoxy) is 1. The van der Waals surface area contributed by atoms with Gasteiger partial charge in [-0.25, -0.2) is 12.8 Å². The summed E-state index contributed by atoms with van der Waals surface area (Å²) < 4.78 is 44.7. The highest BCUT2D eigenvalue weighted by Crippen LogP contribution is 2.29. The predicted octanol–water partition coefficient (Wildman–Crippen LogP) is 2.15. The van der Waals surface area contributed by atoms with Crippen molar-refractivity contribution < 1.29 is 27.1 Å². The number of halogens is 1. The number of anilines is 1. The van der Waals surface area contributed by atoms with Gasteiger partial charge in [-0.05, 0) is 36.2 Å². The first kappa shape index (κ1) is 25.1. The molecule has 0 heterocycles. The fourth-order valence-corrected chi connectivity index (χ4v) is 4.16. The van der Waals surface area contributed by atoms with Crippen LogP contribution >= 0.6 is 0 Å². The first-order valence-electron chi connectivity index (χ1n) is 9.98. The van der Waals surface area contributed by atoms with Gasteiger partial charge in [-0.15, -0.1) is 0 Å². The number of hydrogen-bond donors (Lipinski definition) is 1. The average Bonchev–Trinajstić information content (AvgIpc) is 2.77. The number of para-hydroxylation sites is 2. The summed E-state index contributed by atoms with van der Waals surface area (Å²) in [6, 6.07) is 11.2. The van der Waals surface area contributed by atoms with Crippen LogP contribution in [0.3, 0.4) is 0 Å². The van der Waals surface area contributed by atoms with Crippen LogP contribution in [0.4, 0.5) is 10.1 Å². The van der Waals surface area contributed by atoms with Gasteiger partial charge in [-0.1, -0.05) is 31.2 Å². The van der Waals surface area contributed by atoms with Crippen LogP contribution < -0.4 is 14.4 Å². The van der Waals surface area contributed by atoms with E-state index in [0.29, 0.717) is 12.0 Å². The Kier molecular flexibility index (Phi) is 8.59. The van der Waals surface area contributed by atoms with Gasteiger partial charge < -0.3 is 15.0 Å². The van der Waals surface area contributed by atoms with Crippen molar-refractivity contribution in [2.75, 3.05) is 31.3 Å². The van der Waals surface area contributed by atoms with E-state index in [2.05, 4.69) is 5.32 Å². The number of hydrogen-bond acceptors (Lipinski definition) is 5. The third-order valence-corrected chi connectivity index (χ3v) is 6.06. The average molecular weight is 466 g/mol. The van der Waals surface area contributed by atoms with Crippen LogP contribution in [0.25, 0.3) is 0 Å². The molecule has 10 heteroatoms. The van der Waals surface area contributed by atoms with Gasteiger partial charge in [0, 0.05) is 13.6 Å². The van der Waals surface area contributed by atoms with Gasteiger partial charge >= 0.3 is 0 Å². The van der Waals surface area contributed by atoms with Crippen molar-refractivity contribution >= 4 is 27.5 Å². The quantitative estimate of drug-likeness (QED) is 0.580. The normalized spacial score (nSPS) is 12.0. The second-order valence-electron chi connectivity index (χ2n) is 7.13. The maximum atomic E-state index is 13.4. The molecule has 0 aliphatic heterocycles. The SMILES string of the molecule is CC[C@H](C(=O)NC)N(Cc1ccc(F)cc1)C(=O)CN(c1ccccc1OC)S(C)(=O)=O. The van der Waals surface area contributed by atoms with E-state index >= 15 is 0 Å². The molecule has 0 aliphatic carbocycles. The summed E-state index contributed by atoms with van der Waals surface area (Å²) in [5, 5.41) is 2.54. The lowest BCUT2D eigenvalue weighted by atomic mass is 10.1. The Bertz CT molecular complexity index is 1040. The molecule has 8 nitrogen and oxygen atoms in total. The number of carbonyl (C=O) groups is 2. The van der Waals surface area contributed by atoms with Crippen molar-refractivity contribution in [2.24, 2.45) is 0 Å². The Morgan fingerprint density at radius 1 is 1.12 bits per heavy atom. The van der Waals surface area contributed by atoms with E-state index in [-0.39, 0.29) is 23.9 Å². The third kappa shape index (κ3) is 6.19. The molecule has 0 aliphatic rings. The lowest BCUT2D eigenvalue weighted by molar-refractivity contribution is -0.140. The lowest BCUT2D eigenvalue weighted by Crippen LogP contribution is -2.51. The molecule has 32 heavy (non-hydrogen) atoms. The van der Waals surface area contributed by atoms with Gasteiger partial charge in [0.05, 0.1) is 19.1 Å². The van der Waals surface area contributed by atoms with Crippen molar-refractivity contribution in [1.29, 1.82) is 0 Å². The monoisotopic (exact) mass is 465 g/mol. The van der Waals surface area contributed by atoms with Crippen LogP contribution in [0.2, 0.25) is 0 Å². The van der Waals surface area contributed by atoms with Crippen LogP contribution in [0.5, 0.6) is 5.75 Å². The number of methoxy groups -OCH3 is 1. The van der Waals surface area contributed by atoms with Gasteiger partial charge in [0.1, 0.15) is 24.2 Å². The highest BCUT2D eigenvalue weighted by molar-refractivity contribution is 7.92. The Morgan fingerprint density at radius 2 is 1.75 bits per heavy atom. The highest BCUT2D eigenvalue weighted by Gasteiger charge is 2.32. The first-order chi connectivity index (χ1) is 15.1. The van der Waals surface area contributed by atoms with E-state index in [0.717, 1.165) is 10.6 Å². The second kappa shape index (κ2) is 10.9. The topological polar surface area (TPSA) is 96.0 Å². The van der Waals surface area contributed by atoms with Crippen LogP contribution in [0.1, 0.15) is 18.9 Å². The third-order valence-electron chi connectivity index (χ3n) is 4.93. The summed E-state index contributed by atoms with van der Waals surface area (Å²) in [6.45, 7) is 1.22. The number of nitrogens with one attached hydrogen (secondary N) is 1. The summed E-state index contributed by atoms with van der Waals surface area (Å²) in [4.78, 5) is 27.2. The predicted molar refractivity (Wildman–Crippen MR) is 120 cm³/mol. The van der Waals surface area contributed by atoms with Crippen molar-refractivity contribution in [3.8, 4) is 5.75 Å². The molecule has 0 aromatic heterocycles. The maximum absolute atomic E-state index is 13.4. The van der Waals surface area contributed by atoms with Gasteiger partial charge in [0.25, 0.3) is 0 Å². The minimum Gasteiger partial charge on any atom is -0.495 e. The van der Waals surface area contributed by atoms with E-state index in [1.54, 1.807) is 25.1 Å². The van der Waals surface area contributed by atoms with Crippen molar-refractivity contribution in [3.05, 3.63) is 59.9 Å². The fraction of sp³-hybridized carbons (Fsp3) is 0.364. The van der Waals surface area contributed by atoms with Gasteiger partial charge in [-0.2, -0.15) is 0 Å². The molecule has 0 fully saturated rings. The van der Waals surface area contributed by atoms with Crippen molar-refractivity contribution in [2.45, 2.75) is 25.9 Å². The molecule has 0 saturated heterocycles.